The van der Waals surface area contributed by atoms with E-state index in [1.807, 2.05) is 12.1 Å². The quantitative estimate of drug-likeness (QED) is 0.760. The molecule has 0 bridgehead atoms. The Morgan fingerprint density at radius 3 is 3.14 bits per heavy atom. The summed E-state index contributed by atoms with van der Waals surface area (Å²) >= 11 is 0. The van der Waals surface area contributed by atoms with Gasteiger partial charge in [0.2, 0.25) is 0 Å². The number of nitrogens with two attached hydrogens (primary N) is 1. The Labute approximate surface area is 84.3 Å². The maximum Gasteiger partial charge on any atom is 0.120 e. The molecule has 3 N–H and O–H groups in total. The Morgan fingerprint density at radius 2 is 2.43 bits per heavy atom. The maximum atomic E-state index is 5.53. The van der Waals surface area contributed by atoms with Crippen LogP contribution in [0.15, 0.2) is 18.2 Å². The average Bonchev–Trinajstić information content (AvgIpc) is 2.59. The molecule has 0 fully saturated rings. The van der Waals surface area contributed by atoms with E-state index >= 15 is 0 Å². The van der Waals surface area contributed by atoms with Crippen LogP contribution in [0.2, 0.25) is 0 Å². The number of ether oxygens (including phenoxy) is 1. The molecule has 1 aromatic carbocycles. The molecule has 0 aromatic heterocycles. The summed E-state index contributed by atoms with van der Waals surface area (Å²) in [6.45, 7) is 0.739. The van der Waals surface area contributed by atoms with Crippen LogP contribution in [0.1, 0.15) is 12.0 Å². The third-order valence-electron chi connectivity index (χ3n) is 2.66. The summed E-state index contributed by atoms with van der Waals surface area (Å²) in [5, 5.41) is 3.45. The summed E-state index contributed by atoms with van der Waals surface area (Å²) in [4.78, 5) is 0. The van der Waals surface area contributed by atoms with Crippen molar-refractivity contribution in [3.8, 4) is 5.75 Å². The Morgan fingerprint density at radius 1 is 1.57 bits per heavy atom. The summed E-state index contributed by atoms with van der Waals surface area (Å²) in [5.74, 6) is 0.907. The summed E-state index contributed by atoms with van der Waals surface area (Å²) in [5.41, 5.74) is 8.10. The monoisotopic (exact) mass is 192 g/mol. The fraction of sp³-hybridized carbons (Fsp3) is 0.455. The third-order valence-corrected chi connectivity index (χ3v) is 2.66. The van der Waals surface area contributed by atoms with Crippen molar-refractivity contribution in [2.24, 2.45) is 5.73 Å². The Kier molecular flexibility index (Phi) is 2.59. The Balaban J connectivity index is 2.14. The van der Waals surface area contributed by atoms with Gasteiger partial charge in [0.25, 0.3) is 0 Å². The number of fused-ring (bicyclic) bond motifs is 1. The van der Waals surface area contributed by atoms with Gasteiger partial charge in [0.05, 0.1) is 7.11 Å². The Bertz CT molecular complexity index is 325. The lowest BCUT2D eigenvalue weighted by Gasteiger charge is -2.08. The van der Waals surface area contributed by atoms with E-state index in [-0.39, 0.29) is 0 Å². The standard InChI is InChI=1S/C11H16N2O/c1-14-10-3-2-8-6-9(4-5-12)13-11(8)7-10/h2-3,7,9,13H,4-6,12H2,1H3. The molecular formula is C11H16N2O. The second kappa shape index (κ2) is 3.88. The molecule has 1 aliphatic rings. The van der Waals surface area contributed by atoms with Gasteiger partial charge < -0.3 is 15.8 Å². The van der Waals surface area contributed by atoms with E-state index in [2.05, 4.69) is 11.4 Å². The second-order valence-corrected chi connectivity index (χ2v) is 3.65. The average molecular weight is 192 g/mol. The zero-order valence-corrected chi connectivity index (χ0v) is 8.42. The molecule has 0 spiro atoms. The van der Waals surface area contributed by atoms with Gasteiger partial charge in [0.1, 0.15) is 5.75 Å². The second-order valence-electron chi connectivity index (χ2n) is 3.65. The van der Waals surface area contributed by atoms with Gasteiger partial charge in [-0.25, -0.2) is 0 Å². The molecular weight excluding hydrogens is 176 g/mol. The smallest absolute Gasteiger partial charge is 0.120 e. The highest BCUT2D eigenvalue weighted by atomic mass is 16.5. The normalized spacial score (nSPS) is 18.9. The molecule has 0 amide bonds. The van der Waals surface area contributed by atoms with Crippen LogP contribution in [0, 0.1) is 0 Å². The van der Waals surface area contributed by atoms with Gasteiger partial charge in [-0.2, -0.15) is 0 Å². The third kappa shape index (κ3) is 1.68. The SMILES string of the molecule is COc1ccc2c(c1)NC(CCN)C2. The van der Waals surface area contributed by atoms with Gasteiger partial charge >= 0.3 is 0 Å². The van der Waals surface area contributed by atoms with Gasteiger partial charge in [-0.3, -0.25) is 0 Å². The summed E-state index contributed by atoms with van der Waals surface area (Å²) in [6.07, 6.45) is 2.10. The van der Waals surface area contributed by atoms with Gasteiger partial charge in [-0.1, -0.05) is 6.07 Å². The predicted molar refractivity (Wildman–Crippen MR) is 57.8 cm³/mol. The molecule has 76 valence electrons. The van der Waals surface area contributed by atoms with Crippen LogP contribution in [0.4, 0.5) is 5.69 Å². The molecule has 0 radical (unpaired) electrons. The minimum Gasteiger partial charge on any atom is -0.497 e. The lowest BCUT2D eigenvalue weighted by molar-refractivity contribution is 0.415. The number of benzene rings is 1. The van der Waals surface area contributed by atoms with Crippen molar-refractivity contribution in [1.29, 1.82) is 0 Å². The number of hydrogen-bond acceptors (Lipinski definition) is 3. The number of methoxy groups -OCH3 is 1. The van der Waals surface area contributed by atoms with Crippen LogP contribution in [0.3, 0.4) is 0 Å². The topological polar surface area (TPSA) is 47.3 Å². The van der Waals surface area contributed by atoms with Crippen molar-refractivity contribution in [3.05, 3.63) is 23.8 Å². The largest absolute Gasteiger partial charge is 0.497 e. The summed E-state index contributed by atoms with van der Waals surface area (Å²) in [7, 11) is 1.69. The van der Waals surface area contributed by atoms with Crippen molar-refractivity contribution in [1.82, 2.24) is 0 Å². The summed E-state index contributed by atoms with van der Waals surface area (Å²) in [6, 6.07) is 6.68. The molecule has 1 aromatic rings. The predicted octanol–water partition coefficient (Wildman–Crippen LogP) is 1.38. The van der Waals surface area contributed by atoms with Gasteiger partial charge in [-0.05, 0) is 31.0 Å². The highest BCUT2D eigenvalue weighted by Gasteiger charge is 2.19. The lowest BCUT2D eigenvalue weighted by Crippen LogP contribution is -2.19. The first-order valence-electron chi connectivity index (χ1n) is 4.97. The molecule has 14 heavy (non-hydrogen) atoms. The number of anilines is 1. The van der Waals surface area contributed by atoms with E-state index in [4.69, 9.17) is 10.5 Å². The van der Waals surface area contributed by atoms with Crippen LogP contribution in [-0.4, -0.2) is 19.7 Å². The molecule has 0 aliphatic carbocycles. The van der Waals surface area contributed by atoms with Crippen LogP contribution in [0.5, 0.6) is 5.75 Å². The fourth-order valence-corrected chi connectivity index (χ4v) is 1.91. The van der Waals surface area contributed by atoms with E-state index in [9.17, 15) is 0 Å². The molecule has 3 heteroatoms. The van der Waals surface area contributed by atoms with Crippen molar-refractivity contribution < 1.29 is 4.74 Å². The molecule has 1 atom stereocenters. The van der Waals surface area contributed by atoms with Crippen molar-refractivity contribution in [3.63, 3.8) is 0 Å². The van der Waals surface area contributed by atoms with E-state index in [1.54, 1.807) is 7.11 Å². The molecule has 0 saturated heterocycles. The molecule has 2 rings (SSSR count). The van der Waals surface area contributed by atoms with Crippen molar-refractivity contribution in [2.75, 3.05) is 19.0 Å². The first-order chi connectivity index (χ1) is 6.83. The van der Waals surface area contributed by atoms with Crippen molar-refractivity contribution >= 4 is 5.69 Å². The van der Waals surface area contributed by atoms with Gasteiger partial charge in [-0.15, -0.1) is 0 Å². The number of nitrogens with one attached hydrogen (secondary N) is 1. The number of hydrogen-bond donors (Lipinski definition) is 2. The zero-order chi connectivity index (χ0) is 9.97. The minimum absolute atomic E-state index is 0.502. The lowest BCUT2D eigenvalue weighted by atomic mass is 10.1. The first kappa shape index (κ1) is 9.34. The van der Waals surface area contributed by atoms with E-state index in [0.29, 0.717) is 6.04 Å². The number of rotatable bonds is 3. The molecule has 0 saturated carbocycles. The van der Waals surface area contributed by atoms with Gasteiger partial charge in [0.15, 0.2) is 0 Å². The van der Waals surface area contributed by atoms with Crippen LogP contribution < -0.4 is 15.8 Å². The van der Waals surface area contributed by atoms with Crippen LogP contribution in [0.25, 0.3) is 0 Å². The van der Waals surface area contributed by atoms with E-state index < -0.39 is 0 Å². The van der Waals surface area contributed by atoms with Crippen LogP contribution in [-0.2, 0) is 6.42 Å². The first-order valence-corrected chi connectivity index (χ1v) is 4.97. The highest BCUT2D eigenvalue weighted by molar-refractivity contribution is 5.59. The van der Waals surface area contributed by atoms with Crippen molar-refractivity contribution in [2.45, 2.75) is 18.9 Å². The molecule has 1 aliphatic heterocycles. The molecule has 3 nitrogen and oxygen atoms in total. The Hall–Kier alpha value is -1.22. The van der Waals surface area contributed by atoms with Gasteiger partial charge in [0, 0.05) is 17.8 Å². The van der Waals surface area contributed by atoms with E-state index in [1.165, 1.54) is 11.3 Å². The fourth-order valence-electron chi connectivity index (χ4n) is 1.91. The highest BCUT2D eigenvalue weighted by Crippen LogP contribution is 2.30. The molecule has 1 unspecified atom stereocenters. The maximum absolute atomic E-state index is 5.53. The zero-order valence-electron chi connectivity index (χ0n) is 8.42. The minimum atomic E-state index is 0.502. The molecule has 1 heterocycles. The van der Waals surface area contributed by atoms with Crippen LogP contribution >= 0.6 is 0 Å². The summed E-state index contributed by atoms with van der Waals surface area (Å²) < 4.78 is 5.17. The van der Waals surface area contributed by atoms with E-state index in [0.717, 1.165) is 25.1 Å².